The highest BCUT2D eigenvalue weighted by atomic mass is 79.9. The fourth-order valence-electron chi connectivity index (χ4n) is 4.49. The van der Waals surface area contributed by atoms with Gasteiger partial charge in [0.05, 0.1) is 5.56 Å². The van der Waals surface area contributed by atoms with Gasteiger partial charge in [-0.3, -0.25) is 4.79 Å². The lowest BCUT2D eigenvalue weighted by Gasteiger charge is -2.34. The molecule has 1 saturated carbocycles. The minimum absolute atomic E-state index is 0.00581. The van der Waals surface area contributed by atoms with Gasteiger partial charge in [0.15, 0.2) is 0 Å². The molecule has 4 rings (SSSR count). The summed E-state index contributed by atoms with van der Waals surface area (Å²) in [4.78, 5) is 15.4. The second-order valence-corrected chi connectivity index (χ2v) is 12.4. The zero-order chi connectivity index (χ0) is 20.8. The Morgan fingerprint density at radius 3 is 2.62 bits per heavy atom. The van der Waals surface area contributed by atoms with E-state index in [-0.39, 0.29) is 16.9 Å². The number of carbonyl (C=O) groups excluding carboxylic acids is 1. The summed E-state index contributed by atoms with van der Waals surface area (Å²) in [6.07, 6.45) is 5.98. The quantitative estimate of drug-likeness (QED) is 0.587. The maximum absolute atomic E-state index is 13.4. The molecule has 1 fully saturated rings. The molecule has 7 heteroatoms. The molecule has 1 amide bonds. The molecule has 2 aliphatic rings. The van der Waals surface area contributed by atoms with Gasteiger partial charge in [0, 0.05) is 33.0 Å². The van der Waals surface area contributed by atoms with Gasteiger partial charge in [0.25, 0.3) is 5.91 Å². The number of fused-ring (bicyclic) bond motifs is 2. The molecule has 1 aromatic heterocycles. The SMILES string of the molecule is CC(C)(C)NS(=O)c1cc(C(=O)N2CC3(CCCCC3)c3cc(Br)ccc32)cs1. The Bertz CT molecular complexity index is 958. The van der Waals surface area contributed by atoms with E-state index < -0.39 is 11.0 Å². The van der Waals surface area contributed by atoms with Crippen molar-refractivity contribution in [3.05, 3.63) is 45.2 Å². The summed E-state index contributed by atoms with van der Waals surface area (Å²) in [5.41, 5.74) is 2.77. The number of halogens is 1. The van der Waals surface area contributed by atoms with Gasteiger partial charge in [-0.05, 0) is 63.4 Å². The van der Waals surface area contributed by atoms with E-state index in [2.05, 4.69) is 32.8 Å². The first kappa shape index (κ1) is 21.2. The summed E-state index contributed by atoms with van der Waals surface area (Å²) in [6, 6.07) is 8.07. The van der Waals surface area contributed by atoms with Crippen LogP contribution in [-0.2, 0) is 16.4 Å². The van der Waals surface area contributed by atoms with Crippen LogP contribution in [0, 0.1) is 0 Å². The number of hydrogen-bond acceptors (Lipinski definition) is 3. The first-order valence-corrected chi connectivity index (χ1v) is 12.9. The molecule has 1 N–H and O–H groups in total. The third kappa shape index (κ3) is 4.24. The molecule has 1 aromatic carbocycles. The van der Waals surface area contributed by atoms with E-state index in [0.29, 0.717) is 9.77 Å². The number of nitrogens with one attached hydrogen (secondary N) is 1. The molecule has 2 heterocycles. The Balaban J connectivity index is 1.63. The second-order valence-electron chi connectivity index (χ2n) is 9.17. The molecule has 1 aliphatic heterocycles. The van der Waals surface area contributed by atoms with Gasteiger partial charge in [-0.2, -0.15) is 0 Å². The van der Waals surface area contributed by atoms with E-state index in [4.69, 9.17) is 0 Å². The van der Waals surface area contributed by atoms with Gasteiger partial charge in [0.1, 0.15) is 15.2 Å². The largest absolute Gasteiger partial charge is 0.307 e. The van der Waals surface area contributed by atoms with Crippen molar-refractivity contribution in [3.63, 3.8) is 0 Å². The zero-order valence-electron chi connectivity index (χ0n) is 17.1. The fraction of sp³-hybridized carbons (Fsp3) is 0.500. The monoisotopic (exact) mass is 494 g/mol. The van der Waals surface area contributed by atoms with Crippen LogP contribution < -0.4 is 9.62 Å². The van der Waals surface area contributed by atoms with Crippen LogP contribution in [0.1, 0.15) is 68.8 Å². The van der Waals surface area contributed by atoms with E-state index in [1.807, 2.05) is 37.1 Å². The highest BCUT2D eigenvalue weighted by molar-refractivity contribution is 9.10. The van der Waals surface area contributed by atoms with Crippen molar-refractivity contribution >= 4 is 49.8 Å². The van der Waals surface area contributed by atoms with Gasteiger partial charge < -0.3 is 4.90 Å². The van der Waals surface area contributed by atoms with Gasteiger partial charge >= 0.3 is 0 Å². The summed E-state index contributed by atoms with van der Waals surface area (Å²) in [5, 5.41) is 1.84. The van der Waals surface area contributed by atoms with Crippen LogP contribution in [0.4, 0.5) is 5.69 Å². The van der Waals surface area contributed by atoms with Gasteiger partial charge in [0.2, 0.25) is 0 Å². The Morgan fingerprint density at radius 2 is 1.93 bits per heavy atom. The molecule has 1 spiro atoms. The Labute approximate surface area is 187 Å². The maximum atomic E-state index is 13.4. The van der Waals surface area contributed by atoms with Crippen LogP contribution in [0.5, 0.6) is 0 Å². The van der Waals surface area contributed by atoms with Crippen LogP contribution in [0.15, 0.2) is 38.3 Å². The summed E-state index contributed by atoms with van der Waals surface area (Å²) >= 11 is 5.00. The van der Waals surface area contributed by atoms with Crippen molar-refractivity contribution in [1.29, 1.82) is 0 Å². The molecule has 156 valence electrons. The molecular weight excluding hydrogens is 468 g/mol. The maximum Gasteiger partial charge on any atom is 0.259 e. The third-order valence-corrected chi connectivity index (χ3v) is 8.98. The van der Waals surface area contributed by atoms with Gasteiger partial charge in [-0.25, -0.2) is 8.93 Å². The number of hydrogen-bond donors (Lipinski definition) is 1. The standard InChI is InChI=1S/C22H27BrN2O2S2/c1-21(2,3)24-29(27)19-11-15(13-28-19)20(26)25-14-22(9-5-4-6-10-22)17-12-16(23)7-8-18(17)25/h7-8,11-13,24H,4-6,9-10,14H2,1-3H3. The van der Waals surface area contributed by atoms with Crippen molar-refractivity contribution in [1.82, 2.24) is 4.72 Å². The normalized spacial score (nSPS) is 19.4. The number of amides is 1. The van der Waals surface area contributed by atoms with Crippen molar-refractivity contribution < 1.29 is 9.00 Å². The molecule has 1 atom stereocenters. The van der Waals surface area contributed by atoms with E-state index >= 15 is 0 Å². The van der Waals surface area contributed by atoms with Crippen LogP contribution in [0.25, 0.3) is 0 Å². The first-order valence-electron chi connectivity index (χ1n) is 10.1. The van der Waals surface area contributed by atoms with E-state index in [1.54, 1.807) is 6.07 Å². The molecule has 0 bridgehead atoms. The van der Waals surface area contributed by atoms with Crippen LogP contribution in [-0.4, -0.2) is 22.2 Å². The van der Waals surface area contributed by atoms with E-state index in [9.17, 15) is 9.00 Å². The Morgan fingerprint density at radius 1 is 1.21 bits per heavy atom. The van der Waals surface area contributed by atoms with Crippen molar-refractivity contribution in [3.8, 4) is 0 Å². The lowest BCUT2D eigenvalue weighted by Crippen LogP contribution is -2.38. The topological polar surface area (TPSA) is 49.4 Å². The number of nitrogens with zero attached hydrogens (tertiary/aromatic N) is 1. The van der Waals surface area contributed by atoms with Crippen molar-refractivity contribution in [2.75, 3.05) is 11.4 Å². The van der Waals surface area contributed by atoms with Gasteiger partial charge in [-0.1, -0.05) is 35.2 Å². The Hall–Kier alpha value is -1.02. The number of anilines is 1. The molecule has 0 radical (unpaired) electrons. The molecule has 29 heavy (non-hydrogen) atoms. The lowest BCUT2D eigenvalue weighted by atomic mass is 9.71. The van der Waals surface area contributed by atoms with Crippen molar-refractivity contribution in [2.45, 2.75) is 68.0 Å². The number of benzene rings is 1. The number of carbonyl (C=O) groups is 1. The molecular formula is C22H27BrN2O2S2. The lowest BCUT2D eigenvalue weighted by molar-refractivity contribution is 0.0982. The average molecular weight is 496 g/mol. The summed E-state index contributed by atoms with van der Waals surface area (Å²) in [7, 11) is -1.32. The molecule has 1 aliphatic carbocycles. The summed E-state index contributed by atoms with van der Waals surface area (Å²) in [6.45, 7) is 6.68. The minimum Gasteiger partial charge on any atom is -0.307 e. The van der Waals surface area contributed by atoms with Crippen molar-refractivity contribution in [2.24, 2.45) is 0 Å². The predicted molar refractivity (Wildman–Crippen MR) is 124 cm³/mol. The molecule has 4 nitrogen and oxygen atoms in total. The highest BCUT2D eigenvalue weighted by Gasteiger charge is 2.45. The second kappa shape index (κ2) is 7.91. The first-order chi connectivity index (χ1) is 13.7. The third-order valence-electron chi connectivity index (χ3n) is 5.74. The summed E-state index contributed by atoms with van der Waals surface area (Å²) in [5.74, 6) is 0.00581. The number of rotatable bonds is 3. The summed E-state index contributed by atoms with van der Waals surface area (Å²) < 4.78 is 17.4. The molecule has 1 unspecified atom stereocenters. The fourth-order valence-corrected chi connectivity index (χ4v) is 6.97. The van der Waals surface area contributed by atoms with Crippen LogP contribution >= 0.6 is 27.3 Å². The predicted octanol–water partition coefficient (Wildman–Crippen LogP) is 5.78. The molecule has 2 aromatic rings. The minimum atomic E-state index is -1.32. The highest BCUT2D eigenvalue weighted by Crippen LogP contribution is 2.50. The molecule has 0 saturated heterocycles. The average Bonchev–Trinajstić information content (AvgIpc) is 3.25. The zero-order valence-corrected chi connectivity index (χ0v) is 20.3. The van der Waals surface area contributed by atoms with Crippen LogP contribution in [0.2, 0.25) is 0 Å². The smallest absolute Gasteiger partial charge is 0.259 e. The van der Waals surface area contributed by atoms with E-state index in [1.165, 1.54) is 36.2 Å². The van der Waals surface area contributed by atoms with Crippen LogP contribution in [0.3, 0.4) is 0 Å². The Kier molecular flexibility index (Phi) is 5.79. The van der Waals surface area contributed by atoms with Gasteiger partial charge in [-0.15, -0.1) is 11.3 Å². The van der Waals surface area contributed by atoms with E-state index in [0.717, 1.165) is 29.5 Å². The number of thiophene rings is 1.